The second-order valence-corrected chi connectivity index (χ2v) is 7.36. The van der Waals surface area contributed by atoms with Gasteiger partial charge in [-0.3, -0.25) is 0 Å². The van der Waals surface area contributed by atoms with Gasteiger partial charge in [0, 0.05) is 18.6 Å². The van der Waals surface area contributed by atoms with Gasteiger partial charge < -0.3 is 15.3 Å². The lowest BCUT2D eigenvalue weighted by Crippen LogP contribution is -2.50. The maximum atomic E-state index is 12.9. The summed E-state index contributed by atoms with van der Waals surface area (Å²) in [4.78, 5) is 15.0. The van der Waals surface area contributed by atoms with E-state index in [2.05, 4.69) is 22.3 Å². The molecule has 1 aromatic carbocycles. The average molecular weight is 330 g/mol. The van der Waals surface area contributed by atoms with Crippen molar-refractivity contribution in [3.63, 3.8) is 0 Å². The Morgan fingerprint density at radius 2 is 1.67 bits per heavy atom. The Labute approximate surface area is 145 Å². The minimum atomic E-state index is -0.183. The molecule has 4 heteroatoms. The number of benzene rings is 1. The molecule has 4 nitrogen and oxygen atoms in total. The predicted molar refractivity (Wildman–Crippen MR) is 95.7 cm³/mol. The fourth-order valence-corrected chi connectivity index (χ4v) is 4.02. The van der Waals surface area contributed by atoms with E-state index in [4.69, 9.17) is 0 Å². The Hall–Kier alpha value is -1.55. The molecule has 0 atom stereocenters. The van der Waals surface area contributed by atoms with Crippen molar-refractivity contribution in [1.82, 2.24) is 10.2 Å². The molecule has 24 heavy (non-hydrogen) atoms. The molecule has 0 spiro atoms. The summed E-state index contributed by atoms with van der Waals surface area (Å²) in [5.74, 6) is 0. The standard InChI is InChI=1S/C20H30N2O2/c23-19-13-11-17(12-14-19)21-20(24)22(18-9-5-2-6-10-18)15-16-7-3-1-4-8-16/h1,3-4,7-8,17-19,23H,2,5-6,9-15H2,(H,21,24). The molecule has 2 aliphatic rings. The van der Waals surface area contributed by atoms with Gasteiger partial charge in [-0.1, -0.05) is 49.6 Å². The van der Waals surface area contributed by atoms with Gasteiger partial charge in [-0.15, -0.1) is 0 Å². The maximum absolute atomic E-state index is 12.9. The Morgan fingerprint density at radius 1 is 1.00 bits per heavy atom. The molecule has 0 aliphatic heterocycles. The summed E-state index contributed by atoms with van der Waals surface area (Å²) in [5, 5.41) is 12.9. The number of hydrogen-bond donors (Lipinski definition) is 2. The summed E-state index contributed by atoms with van der Waals surface area (Å²) >= 11 is 0. The van der Waals surface area contributed by atoms with Crippen molar-refractivity contribution in [2.45, 2.75) is 82.5 Å². The molecule has 2 amide bonds. The van der Waals surface area contributed by atoms with Crippen LogP contribution in [0.25, 0.3) is 0 Å². The number of rotatable bonds is 4. The van der Waals surface area contributed by atoms with Gasteiger partial charge in [0.25, 0.3) is 0 Å². The van der Waals surface area contributed by atoms with Crippen LogP contribution in [0.15, 0.2) is 30.3 Å². The first-order chi connectivity index (χ1) is 11.7. The monoisotopic (exact) mass is 330 g/mol. The Kier molecular flexibility index (Phi) is 6.13. The van der Waals surface area contributed by atoms with Gasteiger partial charge >= 0.3 is 6.03 Å². The third-order valence-electron chi connectivity index (χ3n) is 5.50. The molecule has 0 aromatic heterocycles. The summed E-state index contributed by atoms with van der Waals surface area (Å²) in [7, 11) is 0. The molecule has 0 saturated heterocycles. The Morgan fingerprint density at radius 3 is 2.33 bits per heavy atom. The quantitative estimate of drug-likeness (QED) is 0.881. The van der Waals surface area contributed by atoms with Crippen LogP contribution in [0, 0.1) is 0 Å². The largest absolute Gasteiger partial charge is 0.393 e. The van der Waals surface area contributed by atoms with Crippen LogP contribution in [0.5, 0.6) is 0 Å². The molecule has 2 N–H and O–H groups in total. The lowest BCUT2D eigenvalue weighted by atomic mass is 9.92. The number of nitrogens with zero attached hydrogens (tertiary/aromatic N) is 1. The van der Waals surface area contributed by atoms with Gasteiger partial charge in [0.2, 0.25) is 0 Å². The lowest BCUT2D eigenvalue weighted by molar-refractivity contribution is 0.110. The first kappa shape index (κ1) is 17.3. The third-order valence-corrected chi connectivity index (χ3v) is 5.50. The predicted octanol–water partition coefficient (Wildman–Crippen LogP) is 3.83. The molecule has 2 saturated carbocycles. The van der Waals surface area contributed by atoms with Gasteiger partial charge in [0.15, 0.2) is 0 Å². The van der Waals surface area contributed by atoms with Crippen molar-refractivity contribution in [2.75, 3.05) is 0 Å². The van der Waals surface area contributed by atoms with E-state index in [1.165, 1.54) is 24.8 Å². The van der Waals surface area contributed by atoms with E-state index in [1.807, 2.05) is 18.2 Å². The van der Waals surface area contributed by atoms with Crippen molar-refractivity contribution in [1.29, 1.82) is 0 Å². The Balaban J connectivity index is 1.64. The van der Waals surface area contributed by atoms with Crippen molar-refractivity contribution in [3.8, 4) is 0 Å². The van der Waals surface area contributed by atoms with E-state index in [1.54, 1.807) is 0 Å². The lowest BCUT2D eigenvalue weighted by Gasteiger charge is -2.36. The van der Waals surface area contributed by atoms with Crippen LogP contribution in [-0.4, -0.2) is 34.2 Å². The van der Waals surface area contributed by atoms with E-state index in [9.17, 15) is 9.90 Å². The highest BCUT2D eigenvalue weighted by Crippen LogP contribution is 2.25. The molecule has 3 rings (SSSR count). The van der Waals surface area contributed by atoms with Gasteiger partial charge in [0.05, 0.1) is 6.10 Å². The number of nitrogens with one attached hydrogen (secondary N) is 1. The van der Waals surface area contributed by atoms with Crippen molar-refractivity contribution >= 4 is 6.03 Å². The third kappa shape index (κ3) is 4.73. The Bertz CT molecular complexity index is 506. The minimum absolute atomic E-state index is 0.0761. The topological polar surface area (TPSA) is 52.6 Å². The fourth-order valence-electron chi connectivity index (χ4n) is 4.02. The van der Waals surface area contributed by atoms with Crippen LogP contribution in [-0.2, 0) is 6.54 Å². The van der Waals surface area contributed by atoms with Gasteiger partial charge in [-0.2, -0.15) is 0 Å². The summed E-state index contributed by atoms with van der Waals surface area (Å²) in [6.07, 6.45) is 9.15. The number of aliphatic hydroxyl groups excluding tert-OH is 1. The zero-order valence-corrected chi connectivity index (χ0v) is 14.5. The molecule has 0 unspecified atom stereocenters. The van der Waals surface area contributed by atoms with E-state index in [0.29, 0.717) is 12.6 Å². The minimum Gasteiger partial charge on any atom is -0.393 e. The number of carbonyl (C=O) groups is 1. The maximum Gasteiger partial charge on any atom is 0.318 e. The summed E-state index contributed by atoms with van der Waals surface area (Å²) in [6.45, 7) is 0.687. The molecule has 0 radical (unpaired) electrons. The van der Waals surface area contributed by atoms with E-state index >= 15 is 0 Å². The zero-order chi connectivity index (χ0) is 16.8. The van der Waals surface area contributed by atoms with Crippen molar-refractivity contribution in [2.24, 2.45) is 0 Å². The second-order valence-electron chi connectivity index (χ2n) is 7.36. The highest BCUT2D eigenvalue weighted by Gasteiger charge is 2.28. The molecule has 2 aliphatic carbocycles. The SMILES string of the molecule is O=C(NC1CCC(O)CC1)N(Cc1ccccc1)C1CCCCC1. The van der Waals surface area contributed by atoms with E-state index in [-0.39, 0.29) is 18.2 Å². The van der Waals surface area contributed by atoms with Crippen LogP contribution in [0.1, 0.15) is 63.4 Å². The number of aliphatic hydroxyl groups is 1. The van der Waals surface area contributed by atoms with Crippen LogP contribution in [0.2, 0.25) is 0 Å². The molecule has 0 heterocycles. The normalized spacial score (nSPS) is 25.2. The average Bonchev–Trinajstić information content (AvgIpc) is 2.63. The van der Waals surface area contributed by atoms with Crippen LogP contribution in [0.3, 0.4) is 0 Å². The molecule has 2 fully saturated rings. The number of urea groups is 1. The zero-order valence-electron chi connectivity index (χ0n) is 14.5. The smallest absolute Gasteiger partial charge is 0.318 e. The first-order valence-electron chi connectivity index (χ1n) is 9.51. The van der Waals surface area contributed by atoms with Crippen molar-refractivity contribution in [3.05, 3.63) is 35.9 Å². The van der Waals surface area contributed by atoms with Crippen LogP contribution < -0.4 is 5.32 Å². The second kappa shape index (κ2) is 8.52. The molecule has 0 bridgehead atoms. The number of hydrogen-bond acceptors (Lipinski definition) is 2. The van der Waals surface area contributed by atoms with E-state index in [0.717, 1.165) is 38.5 Å². The highest BCUT2D eigenvalue weighted by atomic mass is 16.3. The molecule has 1 aromatic rings. The number of carbonyl (C=O) groups excluding carboxylic acids is 1. The summed E-state index contributed by atoms with van der Waals surface area (Å²) in [5.41, 5.74) is 1.19. The highest BCUT2D eigenvalue weighted by molar-refractivity contribution is 5.75. The van der Waals surface area contributed by atoms with Gasteiger partial charge in [-0.05, 0) is 44.1 Å². The molecular weight excluding hydrogens is 300 g/mol. The van der Waals surface area contributed by atoms with E-state index < -0.39 is 0 Å². The van der Waals surface area contributed by atoms with Crippen LogP contribution >= 0.6 is 0 Å². The summed E-state index contributed by atoms with van der Waals surface area (Å²) < 4.78 is 0. The van der Waals surface area contributed by atoms with Gasteiger partial charge in [0.1, 0.15) is 0 Å². The molecule has 132 valence electrons. The first-order valence-corrected chi connectivity index (χ1v) is 9.51. The molecular formula is C20H30N2O2. The van der Waals surface area contributed by atoms with Crippen LogP contribution in [0.4, 0.5) is 4.79 Å². The van der Waals surface area contributed by atoms with Crippen molar-refractivity contribution < 1.29 is 9.90 Å². The number of amides is 2. The fraction of sp³-hybridized carbons (Fsp3) is 0.650. The van der Waals surface area contributed by atoms with Gasteiger partial charge in [-0.25, -0.2) is 4.79 Å². The summed E-state index contributed by atoms with van der Waals surface area (Å²) in [6, 6.07) is 10.9.